The van der Waals surface area contributed by atoms with Crippen LogP contribution in [0.15, 0.2) is 30.3 Å². The maximum Gasteiger partial charge on any atom is 0.408 e. The topological polar surface area (TPSA) is 87.7 Å². The fourth-order valence-electron chi connectivity index (χ4n) is 3.04. The van der Waals surface area contributed by atoms with Gasteiger partial charge in [0.1, 0.15) is 12.1 Å². The van der Waals surface area contributed by atoms with Gasteiger partial charge in [-0.15, -0.1) is 0 Å². The Morgan fingerprint density at radius 3 is 2.52 bits per heavy atom. The molecule has 7 nitrogen and oxygen atoms in total. The van der Waals surface area contributed by atoms with Crippen LogP contribution in [-0.2, 0) is 14.3 Å². The largest absolute Gasteiger partial charge is 0.444 e. The number of nitrogens with one attached hydrogen (secondary N) is 2. The number of aryl methyl sites for hydroxylation is 1. The van der Waals surface area contributed by atoms with Crippen LogP contribution in [0.4, 0.5) is 4.79 Å². The average molecular weight is 402 g/mol. The summed E-state index contributed by atoms with van der Waals surface area (Å²) in [6, 6.07) is 7.96. The number of carbonyl (C=O) groups is 3. The van der Waals surface area contributed by atoms with Crippen molar-refractivity contribution < 1.29 is 19.1 Å². The normalized spacial score (nSPS) is 15.2. The molecule has 1 aromatic rings. The number of hydrogen-bond donors (Lipinski definition) is 2. The number of piperidine rings is 1. The number of hydrogen-bond acceptors (Lipinski definition) is 4. The number of alkyl carbamates (subject to hydrolysis) is 1. The smallest absolute Gasteiger partial charge is 0.408 e. The molecule has 0 aliphatic carbocycles. The summed E-state index contributed by atoms with van der Waals surface area (Å²) in [6.07, 6.45) is 4.17. The molecular weight excluding hydrogens is 370 g/mol. The first-order valence-electron chi connectivity index (χ1n) is 9.92. The summed E-state index contributed by atoms with van der Waals surface area (Å²) in [5.74, 6) is -0.289. The molecule has 1 fully saturated rings. The first-order chi connectivity index (χ1) is 13.6. The van der Waals surface area contributed by atoms with Gasteiger partial charge in [0.05, 0.1) is 0 Å². The zero-order valence-electron chi connectivity index (χ0n) is 17.7. The lowest BCUT2D eigenvalue weighted by Crippen LogP contribution is -2.48. The Morgan fingerprint density at radius 2 is 1.90 bits per heavy atom. The van der Waals surface area contributed by atoms with Gasteiger partial charge in [0, 0.05) is 25.2 Å². The number of rotatable bonds is 5. The first kappa shape index (κ1) is 22.5. The summed E-state index contributed by atoms with van der Waals surface area (Å²) in [5.41, 5.74) is 1.54. The number of benzene rings is 1. The molecule has 7 heteroatoms. The van der Waals surface area contributed by atoms with E-state index in [0.717, 1.165) is 11.1 Å². The average Bonchev–Trinajstić information content (AvgIpc) is 2.64. The van der Waals surface area contributed by atoms with Gasteiger partial charge >= 0.3 is 6.09 Å². The van der Waals surface area contributed by atoms with Gasteiger partial charge in [0.15, 0.2) is 0 Å². The van der Waals surface area contributed by atoms with Crippen molar-refractivity contribution in [1.82, 2.24) is 15.5 Å². The van der Waals surface area contributed by atoms with Crippen LogP contribution in [-0.4, -0.2) is 54.1 Å². The van der Waals surface area contributed by atoms with E-state index in [2.05, 4.69) is 10.6 Å². The second-order valence-electron chi connectivity index (χ2n) is 8.27. The minimum atomic E-state index is -0.617. The lowest BCUT2D eigenvalue weighted by Gasteiger charge is -2.31. The molecule has 0 spiro atoms. The Labute approximate surface area is 172 Å². The van der Waals surface area contributed by atoms with Crippen molar-refractivity contribution >= 4 is 24.0 Å². The predicted octanol–water partition coefficient (Wildman–Crippen LogP) is 2.64. The highest BCUT2D eigenvalue weighted by molar-refractivity contribution is 5.91. The maximum absolute atomic E-state index is 12.4. The molecule has 3 amide bonds. The van der Waals surface area contributed by atoms with E-state index in [4.69, 9.17) is 4.74 Å². The number of carbonyl (C=O) groups excluding carboxylic acids is 3. The molecule has 1 aliphatic heterocycles. The molecule has 1 aliphatic rings. The fourth-order valence-corrected chi connectivity index (χ4v) is 3.04. The van der Waals surface area contributed by atoms with Crippen LogP contribution in [0.25, 0.3) is 6.08 Å². The Morgan fingerprint density at radius 1 is 1.21 bits per heavy atom. The van der Waals surface area contributed by atoms with E-state index in [9.17, 15) is 14.4 Å². The predicted molar refractivity (Wildman–Crippen MR) is 112 cm³/mol. The molecule has 1 saturated heterocycles. The van der Waals surface area contributed by atoms with Crippen molar-refractivity contribution in [2.45, 2.75) is 52.2 Å². The quantitative estimate of drug-likeness (QED) is 0.743. The van der Waals surface area contributed by atoms with Crippen molar-refractivity contribution in [2.75, 3.05) is 19.6 Å². The third kappa shape index (κ3) is 8.37. The van der Waals surface area contributed by atoms with Crippen LogP contribution in [0.3, 0.4) is 0 Å². The SMILES string of the molecule is Cc1cccc(/C=C/C(=O)N2CCC(NC(=O)CNC(=O)OC(C)(C)C)CC2)c1. The van der Waals surface area contributed by atoms with Gasteiger partial charge in [-0.25, -0.2) is 4.79 Å². The van der Waals surface area contributed by atoms with Crippen molar-refractivity contribution in [3.63, 3.8) is 0 Å². The van der Waals surface area contributed by atoms with Gasteiger partial charge in [-0.2, -0.15) is 0 Å². The van der Waals surface area contributed by atoms with Crippen LogP contribution in [0, 0.1) is 6.92 Å². The summed E-state index contributed by atoms with van der Waals surface area (Å²) >= 11 is 0. The highest BCUT2D eigenvalue weighted by atomic mass is 16.6. The van der Waals surface area contributed by atoms with Gasteiger partial charge in [0.25, 0.3) is 0 Å². The molecule has 158 valence electrons. The van der Waals surface area contributed by atoms with Gasteiger partial charge in [-0.3, -0.25) is 9.59 Å². The Balaban J connectivity index is 1.71. The highest BCUT2D eigenvalue weighted by Gasteiger charge is 2.23. The van der Waals surface area contributed by atoms with Gasteiger partial charge in [-0.1, -0.05) is 29.8 Å². The van der Waals surface area contributed by atoms with E-state index in [1.54, 1.807) is 31.7 Å². The van der Waals surface area contributed by atoms with Gasteiger partial charge < -0.3 is 20.3 Å². The Kier molecular flexibility index (Phi) is 7.82. The Hall–Kier alpha value is -2.83. The van der Waals surface area contributed by atoms with Crippen LogP contribution in [0.5, 0.6) is 0 Å². The van der Waals surface area contributed by atoms with Gasteiger partial charge in [0.2, 0.25) is 11.8 Å². The third-order valence-corrected chi connectivity index (χ3v) is 4.42. The zero-order valence-corrected chi connectivity index (χ0v) is 17.7. The summed E-state index contributed by atoms with van der Waals surface area (Å²) in [6.45, 7) is 8.34. The van der Waals surface area contributed by atoms with E-state index in [1.165, 1.54) is 0 Å². The molecule has 0 atom stereocenters. The minimum Gasteiger partial charge on any atom is -0.444 e. The van der Waals surface area contributed by atoms with Crippen molar-refractivity contribution in [1.29, 1.82) is 0 Å². The summed E-state index contributed by atoms with van der Waals surface area (Å²) in [5, 5.41) is 5.34. The fraction of sp³-hybridized carbons (Fsp3) is 0.500. The van der Waals surface area contributed by atoms with Crippen LogP contribution < -0.4 is 10.6 Å². The van der Waals surface area contributed by atoms with Crippen molar-refractivity contribution in [2.24, 2.45) is 0 Å². The summed E-state index contributed by atoms with van der Waals surface area (Å²) < 4.78 is 5.10. The molecular formula is C22H31N3O4. The van der Waals surface area contributed by atoms with E-state index in [-0.39, 0.29) is 24.4 Å². The monoisotopic (exact) mass is 401 g/mol. The number of nitrogens with zero attached hydrogens (tertiary/aromatic N) is 1. The van der Waals surface area contributed by atoms with Crippen LogP contribution in [0.2, 0.25) is 0 Å². The first-order valence-corrected chi connectivity index (χ1v) is 9.92. The summed E-state index contributed by atoms with van der Waals surface area (Å²) in [7, 11) is 0. The molecule has 2 N–H and O–H groups in total. The maximum atomic E-state index is 12.4. The zero-order chi connectivity index (χ0) is 21.4. The van der Waals surface area contributed by atoms with Gasteiger partial charge in [-0.05, 0) is 52.2 Å². The van der Waals surface area contributed by atoms with Crippen molar-refractivity contribution in [3.8, 4) is 0 Å². The Bertz CT molecular complexity index is 760. The van der Waals surface area contributed by atoms with Crippen LogP contribution in [0.1, 0.15) is 44.7 Å². The molecule has 0 radical (unpaired) electrons. The highest BCUT2D eigenvalue weighted by Crippen LogP contribution is 2.12. The minimum absolute atomic E-state index is 0.00672. The van der Waals surface area contributed by atoms with E-state index < -0.39 is 11.7 Å². The van der Waals surface area contributed by atoms with E-state index >= 15 is 0 Å². The summed E-state index contributed by atoms with van der Waals surface area (Å²) in [4.78, 5) is 37.8. The second-order valence-corrected chi connectivity index (χ2v) is 8.27. The molecule has 0 aromatic heterocycles. The molecule has 1 heterocycles. The number of ether oxygens (including phenoxy) is 1. The standard InChI is InChI=1S/C22H31N3O4/c1-16-6-5-7-17(14-16)8-9-20(27)25-12-10-18(11-13-25)24-19(26)15-23-21(28)29-22(2,3)4/h5-9,14,18H,10-13,15H2,1-4H3,(H,23,28)(H,24,26)/b9-8+. The third-order valence-electron chi connectivity index (χ3n) is 4.42. The van der Waals surface area contributed by atoms with E-state index in [1.807, 2.05) is 37.3 Å². The number of likely N-dealkylation sites (tertiary alicyclic amines) is 1. The second kappa shape index (κ2) is 10.1. The van der Waals surface area contributed by atoms with Crippen LogP contribution >= 0.6 is 0 Å². The lowest BCUT2D eigenvalue weighted by molar-refractivity contribution is -0.127. The van der Waals surface area contributed by atoms with Crippen molar-refractivity contribution in [3.05, 3.63) is 41.5 Å². The molecule has 2 rings (SSSR count). The molecule has 0 bridgehead atoms. The van der Waals surface area contributed by atoms with E-state index in [0.29, 0.717) is 25.9 Å². The molecule has 1 aromatic carbocycles. The molecule has 0 saturated carbocycles. The molecule has 0 unspecified atom stereocenters. The lowest BCUT2D eigenvalue weighted by atomic mass is 10.0. The molecule has 29 heavy (non-hydrogen) atoms. The number of amides is 3.